The summed E-state index contributed by atoms with van der Waals surface area (Å²) in [6.07, 6.45) is 1.02. The van der Waals surface area contributed by atoms with Gasteiger partial charge in [0.2, 0.25) is 0 Å². The summed E-state index contributed by atoms with van der Waals surface area (Å²) < 4.78 is 2.17. The Bertz CT molecular complexity index is 762. The number of hydrogen-bond donors (Lipinski definition) is 1. The van der Waals surface area contributed by atoms with Crippen LogP contribution >= 0.6 is 11.6 Å². The van der Waals surface area contributed by atoms with Gasteiger partial charge in [-0.3, -0.25) is 0 Å². The number of para-hydroxylation sites is 1. The predicted molar refractivity (Wildman–Crippen MR) is 84.9 cm³/mol. The van der Waals surface area contributed by atoms with Gasteiger partial charge in [-0.05, 0) is 30.7 Å². The number of anilines is 1. The molecule has 0 fully saturated rings. The number of hydrogen-bond acceptors (Lipinski definition) is 2. The minimum atomic E-state index is 0.735. The Morgan fingerprint density at radius 1 is 1.20 bits per heavy atom. The number of nitrogen functional groups attached to an aromatic ring is 1. The summed E-state index contributed by atoms with van der Waals surface area (Å²) in [6, 6.07) is 13.6. The smallest absolute Gasteiger partial charge is 0.141 e. The highest BCUT2D eigenvalue weighted by Crippen LogP contribution is 2.30. The van der Waals surface area contributed by atoms with Gasteiger partial charge in [0.25, 0.3) is 0 Å². The van der Waals surface area contributed by atoms with E-state index in [1.807, 2.05) is 42.5 Å². The molecule has 0 amide bonds. The molecule has 3 nitrogen and oxygen atoms in total. The predicted octanol–water partition coefficient (Wildman–Crippen LogP) is 4.35. The molecule has 2 N–H and O–H groups in total. The molecule has 0 unspecified atom stereocenters. The summed E-state index contributed by atoms with van der Waals surface area (Å²) in [5.41, 5.74) is 9.55. The molecule has 0 radical (unpaired) electrons. The third-order valence-electron chi connectivity index (χ3n) is 3.31. The Kier molecular flexibility index (Phi) is 3.36. The molecule has 3 aromatic rings. The van der Waals surface area contributed by atoms with Crippen molar-refractivity contribution in [1.82, 2.24) is 9.55 Å². The van der Waals surface area contributed by atoms with Crippen molar-refractivity contribution < 1.29 is 0 Å². The molecule has 0 aliphatic rings. The van der Waals surface area contributed by atoms with Crippen molar-refractivity contribution >= 4 is 28.3 Å². The van der Waals surface area contributed by atoms with Crippen molar-refractivity contribution in [3.8, 4) is 11.4 Å². The van der Waals surface area contributed by atoms with Crippen LogP contribution in [0, 0.1) is 0 Å². The van der Waals surface area contributed by atoms with E-state index >= 15 is 0 Å². The first kappa shape index (κ1) is 13.0. The van der Waals surface area contributed by atoms with E-state index in [1.54, 1.807) is 0 Å². The third kappa shape index (κ3) is 2.14. The number of benzene rings is 2. The topological polar surface area (TPSA) is 43.8 Å². The number of nitrogens with zero attached hydrogens (tertiary/aromatic N) is 2. The van der Waals surface area contributed by atoms with E-state index in [0.29, 0.717) is 0 Å². The maximum atomic E-state index is 6.34. The SMILES string of the molecule is CCCn1c(-c2cccc(N)c2)nc2cccc(Cl)c21. The maximum Gasteiger partial charge on any atom is 0.141 e. The number of fused-ring (bicyclic) bond motifs is 1. The van der Waals surface area contributed by atoms with E-state index in [0.717, 1.165) is 46.1 Å². The molecule has 4 heteroatoms. The zero-order chi connectivity index (χ0) is 14.1. The lowest BCUT2D eigenvalue weighted by Gasteiger charge is -2.09. The first-order valence-electron chi connectivity index (χ1n) is 6.71. The molecule has 3 rings (SSSR count). The molecule has 0 aliphatic carbocycles. The van der Waals surface area contributed by atoms with Crippen molar-refractivity contribution in [1.29, 1.82) is 0 Å². The number of nitrogens with two attached hydrogens (primary N) is 1. The second-order valence-electron chi connectivity index (χ2n) is 4.82. The minimum Gasteiger partial charge on any atom is -0.399 e. The van der Waals surface area contributed by atoms with Gasteiger partial charge in [0, 0.05) is 17.8 Å². The van der Waals surface area contributed by atoms with E-state index in [-0.39, 0.29) is 0 Å². The number of imidazole rings is 1. The van der Waals surface area contributed by atoms with Crippen LogP contribution < -0.4 is 5.73 Å². The molecule has 20 heavy (non-hydrogen) atoms. The first-order chi connectivity index (χ1) is 9.70. The molecule has 0 bridgehead atoms. The van der Waals surface area contributed by atoms with Crippen LogP contribution in [0.5, 0.6) is 0 Å². The molecule has 0 aliphatic heterocycles. The van der Waals surface area contributed by atoms with Crippen LogP contribution in [0.15, 0.2) is 42.5 Å². The van der Waals surface area contributed by atoms with Crippen molar-refractivity contribution in [2.45, 2.75) is 19.9 Å². The van der Waals surface area contributed by atoms with Crippen molar-refractivity contribution in [3.05, 3.63) is 47.5 Å². The summed E-state index contributed by atoms with van der Waals surface area (Å²) >= 11 is 6.34. The van der Waals surface area contributed by atoms with Gasteiger partial charge in [0.1, 0.15) is 5.82 Å². The van der Waals surface area contributed by atoms with E-state index in [9.17, 15) is 0 Å². The molecule has 102 valence electrons. The van der Waals surface area contributed by atoms with E-state index < -0.39 is 0 Å². The van der Waals surface area contributed by atoms with E-state index in [4.69, 9.17) is 22.3 Å². The molecular weight excluding hydrogens is 270 g/mol. The number of aromatic nitrogens is 2. The van der Waals surface area contributed by atoms with Gasteiger partial charge in [0.15, 0.2) is 0 Å². The fourth-order valence-electron chi connectivity index (χ4n) is 2.48. The molecule has 0 saturated heterocycles. The standard InChI is InChI=1S/C16H16ClN3/c1-2-9-20-15-13(17)7-4-8-14(15)19-16(20)11-5-3-6-12(18)10-11/h3-8,10H,2,9,18H2,1H3. The highest BCUT2D eigenvalue weighted by molar-refractivity contribution is 6.35. The summed E-state index contributed by atoms with van der Waals surface area (Å²) in [5, 5.41) is 0.735. The highest BCUT2D eigenvalue weighted by Gasteiger charge is 2.14. The number of aryl methyl sites for hydroxylation is 1. The first-order valence-corrected chi connectivity index (χ1v) is 7.09. The van der Waals surface area contributed by atoms with Gasteiger partial charge in [-0.15, -0.1) is 0 Å². The largest absolute Gasteiger partial charge is 0.399 e. The third-order valence-corrected chi connectivity index (χ3v) is 3.61. The van der Waals surface area contributed by atoms with Crippen LogP contribution in [-0.4, -0.2) is 9.55 Å². The zero-order valence-electron chi connectivity index (χ0n) is 11.3. The summed E-state index contributed by atoms with van der Waals surface area (Å²) in [5.74, 6) is 0.919. The van der Waals surface area contributed by atoms with Crippen LogP contribution in [-0.2, 0) is 6.54 Å². The zero-order valence-corrected chi connectivity index (χ0v) is 12.1. The van der Waals surface area contributed by atoms with Crippen LogP contribution in [0.3, 0.4) is 0 Å². The lowest BCUT2D eigenvalue weighted by molar-refractivity contribution is 0.704. The molecule has 0 saturated carbocycles. The summed E-state index contributed by atoms with van der Waals surface area (Å²) in [7, 11) is 0. The van der Waals surface area contributed by atoms with Crippen LogP contribution in [0.4, 0.5) is 5.69 Å². The van der Waals surface area contributed by atoms with Gasteiger partial charge < -0.3 is 10.3 Å². The Hall–Kier alpha value is -2.00. The van der Waals surface area contributed by atoms with Crippen LogP contribution in [0.2, 0.25) is 5.02 Å². The fraction of sp³-hybridized carbons (Fsp3) is 0.188. The lowest BCUT2D eigenvalue weighted by Crippen LogP contribution is -2.00. The average Bonchev–Trinajstić information content (AvgIpc) is 2.80. The second kappa shape index (κ2) is 5.17. The van der Waals surface area contributed by atoms with E-state index in [2.05, 4.69) is 11.5 Å². The van der Waals surface area contributed by atoms with Gasteiger partial charge >= 0.3 is 0 Å². The van der Waals surface area contributed by atoms with Gasteiger partial charge in [-0.2, -0.15) is 0 Å². The average molecular weight is 286 g/mol. The van der Waals surface area contributed by atoms with E-state index in [1.165, 1.54) is 0 Å². The van der Waals surface area contributed by atoms with Crippen molar-refractivity contribution in [3.63, 3.8) is 0 Å². The molecule has 1 aromatic heterocycles. The molecule has 2 aromatic carbocycles. The number of halogens is 1. The van der Waals surface area contributed by atoms with Gasteiger partial charge in [0.05, 0.1) is 16.1 Å². The monoisotopic (exact) mass is 285 g/mol. The Labute approximate surface area is 123 Å². The normalized spacial score (nSPS) is 11.1. The molecule has 0 spiro atoms. The fourth-order valence-corrected chi connectivity index (χ4v) is 2.75. The molecular formula is C16H16ClN3. The second-order valence-corrected chi connectivity index (χ2v) is 5.23. The van der Waals surface area contributed by atoms with Crippen LogP contribution in [0.1, 0.15) is 13.3 Å². The Morgan fingerprint density at radius 2 is 2.00 bits per heavy atom. The lowest BCUT2D eigenvalue weighted by atomic mass is 10.2. The van der Waals surface area contributed by atoms with Crippen molar-refractivity contribution in [2.24, 2.45) is 0 Å². The highest BCUT2D eigenvalue weighted by atomic mass is 35.5. The minimum absolute atomic E-state index is 0.735. The van der Waals surface area contributed by atoms with Gasteiger partial charge in [-0.1, -0.05) is 36.7 Å². The quantitative estimate of drug-likeness (QED) is 0.727. The van der Waals surface area contributed by atoms with Gasteiger partial charge in [-0.25, -0.2) is 4.98 Å². The molecule has 1 heterocycles. The Morgan fingerprint density at radius 3 is 2.75 bits per heavy atom. The maximum absolute atomic E-state index is 6.34. The molecule has 0 atom stereocenters. The summed E-state index contributed by atoms with van der Waals surface area (Å²) in [4.78, 5) is 4.73. The Balaban J connectivity index is 2.30. The number of rotatable bonds is 3. The van der Waals surface area contributed by atoms with Crippen LogP contribution in [0.25, 0.3) is 22.4 Å². The summed E-state index contributed by atoms with van der Waals surface area (Å²) in [6.45, 7) is 3.02. The van der Waals surface area contributed by atoms with Crippen molar-refractivity contribution in [2.75, 3.05) is 5.73 Å².